The Morgan fingerprint density at radius 1 is 1.32 bits per heavy atom. The van der Waals surface area contributed by atoms with E-state index in [-0.39, 0.29) is 5.91 Å². The van der Waals surface area contributed by atoms with E-state index in [2.05, 4.69) is 5.32 Å². The number of carbonyl (C=O) groups excluding carboxylic acids is 1. The number of rotatable bonds is 4. The van der Waals surface area contributed by atoms with Crippen LogP contribution in [0.1, 0.15) is 25.7 Å². The number of benzene rings is 1. The molecular formula is C13H16F2N2OS. The Morgan fingerprint density at radius 2 is 1.95 bits per heavy atom. The molecule has 0 heterocycles. The summed E-state index contributed by atoms with van der Waals surface area (Å²) in [5.41, 5.74) is 5.57. The molecule has 1 amide bonds. The zero-order valence-electron chi connectivity index (χ0n) is 10.4. The Labute approximate surface area is 114 Å². The van der Waals surface area contributed by atoms with Gasteiger partial charge in [0.05, 0.1) is 11.2 Å². The number of para-hydroxylation sites is 1. The van der Waals surface area contributed by atoms with Crippen LogP contribution in [-0.4, -0.2) is 17.2 Å². The Balaban J connectivity index is 2.12. The predicted octanol–water partition coefficient (Wildman–Crippen LogP) is 3.21. The standard InChI is InChI=1S/C13H16F2N2OS/c14-12(15)19-10-6-2-1-5-9(10)17-11(18)13(16)7-3-4-8-13/h1-2,5-6,12H,3-4,7-8,16H2,(H,17,18). The molecule has 0 unspecified atom stereocenters. The SMILES string of the molecule is NC1(C(=O)Nc2ccccc2SC(F)F)CCCC1. The molecule has 1 aromatic rings. The minimum absolute atomic E-state index is 0.285. The minimum atomic E-state index is -2.52. The highest BCUT2D eigenvalue weighted by Crippen LogP contribution is 2.33. The molecule has 1 fully saturated rings. The molecule has 3 nitrogen and oxygen atoms in total. The summed E-state index contributed by atoms with van der Waals surface area (Å²) in [5.74, 6) is -2.80. The first-order valence-electron chi connectivity index (χ1n) is 6.15. The molecule has 0 saturated heterocycles. The second kappa shape index (κ2) is 5.88. The maximum atomic E-state index is 12.4. The van der Waals surface area contributed by atoms with Gasteiger partial charge in [-0.15, -0.1) is 0 Å². The number of nitrogens with one attached hydrogen (secondary N) is 1. The first-order valence-corrected chi connectivity index (χ1v) is 7.03. The smallest absolute Gasteiger partial charge is 0.288 e. The molecule has 104 valence electrons. The van der Waals surface area contributed by atoms with Crippen molar-refractivity contribution < 1.29 is 13.6 Å². The molecule has 6 heteroatoms. The van der Waals surface area contributed by atoms with E-state index in [0.717, 1.165) is 12.8 Å². The van der Waals surface area contributed by atoms with Crippen LogP contribution in [0, 0.1) is 0 Å². The van der Waals surface area contributed by atoms with Gasteiger partial charge in [-0.25, -0.2) is 0 Å². The third-order valence-corrected chi connectivity index (χ3v) is 4.09. The van der Waals surface area contributed by atoms with Crippen molar-refractivity contribution in [1.29, 1.82) is 0 Å². The lowest BCUT2D eigenvalue weighted by molar-refractivity contribution is -0.121. The highest BCUT2D eigenvalue weighted by Gasteiger charge is 2.37. The van der Waals surface area contributed by atoms with Crippen LogP contribution in [0.25, 0.3) is 0 Å². The molecule has 1 aliphatic rings. The van der Waals surface area contributed by atoms with Gasteiger partial charge >= 0.3 is 0 Å². The number of nitrogens with two attached hydrogens (primary N) is 1. The number of carbonyl (C=O) groups is 1. The van der Waals surface area contributed by atoms with Gasteiger partial charge < -0.3 is 11.1 Å². The van der Waals surface area contributed by atoms with Crippen molar-refractivity contribution in [2.75, 3.05) is 5.32 Å². The van der Waals surface area contributed by atoms with Gasteiger partial charge in [-0.1, -0.05) is 36.7 Å². The predicted molar refractivity (Wildman–Crippen MR) is 72.3 cm³/mol. The van der Waals surface area contributed by atoms with E-state index in [4.69, 9.17) is 5.73 Å². The fourth-order valence-electron chi connectivity index (χ4n) is 2.25. The van der Waals surface area contributed by atoms with E-state index in [1.54, 1.807) is 24.3 Å². The fraction of sp³-hybridized carbons (Fsp3) is 0.462. The number of alkyl halides is 2. The lowest BCUT2D eigenvalue weighted by atomic mass is 9.98. The molecule has 1 aliphatic carbocycles. The molecule has 19 heavy (non-hydrogen) atoms. The molecule has 1 saturated carbocycles. The largest absolute Gasteiger partial charge is 0.323 e. The van der Waals surface area contributed by atoms with E-state index in [0.29, 0.717) is 35.2 Å². The number of anilines is 1. The van der Waals surface area contributed by atoms with Gasteiger partial charge in [-0.05, 0) is 25.0 Å². The van der Waals surface area contributed by atoms with Crippen LogP contribution < -0.4 is 11.1 Å². The summed E-state index contributed by atoms with van der Waals surface area (Å²) < 4.78 is 24.9. The molecule has 0 aromatic heterocycles. The number of hydrogen-bond acceptors (Lipinski definition) is 3. The lowest BCUT2D eigenvalue weighted by Gasteiger charge is -2.23. The monoisotopic (exact) mass is 286 g/mol. The summed E-state index contributed by atoms with van der Waals surface area (Å²) in [5, 5.41) is 2.68. The third kappa shape index (κ3) is 3.45. The zero-order chi connectivity index (χ0) is 13.9. The second-order valence-electron chi connectivity index (χ2n) is 4.69. The number of thioether (sulfide) groups is 1. The van der Waals surface area contributed by atoms with Gasteiger partial charge in [0.25, 0.3) is 5.76 Å². The molecule has 0 spiro atoms. The lowest BCUT2D eigenvalue weighted by Crippen LogP contribution is -2.48. The number of hydrogen-bond donors (Lipinski definition) is 2. The van der Waals surface area contributed by atoms with Crippen LogP contribution in [0.15, 0.2) is 29.2 Å². The van der Waals surface area contributed by atoms with Crippen LogP contribution in [0.4, 0.5) is 14.5 Å². The maximum Gasteiger partial charge on any atom is 0.288 e. The first kappa shape index (κ1) is 14.3. The Kier molecular flexibility index (Phi) is 4.42. The second-order valence-corrected chi connectivity index (χ2v) is 5.72. The highest BCUT2D eigenvalue weighted by molar-refractivity contribution is 7.99. The van der Waals surface area contributed by atoms with E-state index in [1.807, 2.05) is 0 Å². The van der Waals surface area contributed by atoms with Crippen LogP contribution >= 0.6 is 11.8 Å². The summed E-state index contributed by atoms with van der Waals surface area (Å²) in [6.07, 6.45) is 3.14. The van der Waals surface area contributed by atoms with E-state index < -0.39 is 11.3 Å². The Bertz CT molecular complexity index is 462. The normalized spacial score (nSPS) is 17.7. The molecule has 0 atom stereocenters. The molecule has 0 bridgehead atoms. The van der Waals surface area contributed by atoms with Crippen LogP contribution in [0.3, 0.4) is 0 Å². The fourth-order valence-corrected chi connectivity index (χ4v) is 2.84. The summed E-state index contributed by atoms with van der Waals surface area (Å²) in [7, 11) is 0. The van der Waals surface area contributed by atoms with Gasteiger partial charge in [-0.3, -0.25) is 4.79 Å². The molecule has 0 radical (unpaired) electrons. The summed E-state index contributed by atoms with van der Waals surface area (Å²) in [6.45, 7) is 0. The van der Waals surface area contributed by atoms with Crippen molar-refractivity contribution in [3.8, 4) is 0 Å². The van der Waals surface area contributed by atoms with Gasteiger partial charge in [0.1, 0.15) is 0 Å². The van der Waals surface area contributed by atoms with Crippen molar-refractivity contribution in [1.82, 2.24) is 0 Å². The highest BCUT2D eigenvalue weighted by atomic mass is 32.2. The Morgan fingerprint density at radius 3 is 2.58 bits per heavy atom. The van der Waals surface area contributed by atoms with Crippen LogP contribution in [0.5, 0.6) is 0 Å². The summed E-state index contributed by atoms with van der Waals surface area (Å²) >= 11 is 0.420. The van der Waals surface area contributed by atoms with Crippen molar-refractivity contribution in [2.24, 2.45) is 5.73 Å². The van der Waals surface area contributed by atoms with Crippen molar-refractivity contribution >= 4 is 23.4 Å². The molecule has 0 aliphatic heterocycles. The Hall–Kier alpha value is -1.14. The van der Waals surface area contributed by atoms with Crippen molar-refractivity contribution in [2.45, 2.75) is 41.9 Å². The van der Waals surface area contributed by atoms with Crippen LogP contribution in [-0.2, 0) is 4.79 Å². The topological polar surface area (TPSA) is 55.1 Å². The van der Waals surface area contributed by atoms with Crippen LogP contribution in [0.2, 0.25) is 0 Å². The van der Waals surface area contributed by atoms with Crippen molar-refractivity contribution in [3.05, 3.63) is 24.3 Å². The zero-order valence-corrected chi connectivity index (χ0v) is 11.2. The van der Waals surface area contributed by atoms with Gasteiger partial charge in [0, 0.05) is 4.90 Å². The average Bonchev–Trinajstić information content (AvgIpc) is 2.79. The molecular weight excluding hydrogens is 270 g/mol. The first-order chi connectivity index (χ1) is 9.01. The van der Waals surface area contributed by atoms with Gasteiger partial charge in [0.2, 0.25) is 5.91 Å². The molecule has 1 aromatic carbocycles. The van der Waals surface area contributed by atoms with E-state index in [9.17, 15) is 13.6 Å². The quantitative estimate of drug-likeness (QED) is 0.836. The number of amides is 1. The average molecular weight is 286 g/mol. The summed E-state index contributed by atoms with van der Waals surface area (Å²) in [6, 6.07) is 6.53. The van der Waals surface area contributed by atoms with Gasteiger partial charge in [0.15, 0.2) is 0 Å². The van der Waals surface area contributed by atoms with E-state index in [1.165, 1.54) is 0 Å². The van der Waals surface area contributed by atoms with Gasteiger partial charge in [-0.2, -0.15) is 8.78 Å². The number of halogens is 2. The van der Waals surface area contributed by atoms with Crippen molar-refractivity contribution in [3.63, 3.8) is 0 Å². The molecule has 3 N–H and O–H groups in total. The molecule has 2 rings (SSSR count). The van der Waals surface area contributed by atoms with E-state index >= 15 is 0 Å². The summed E-state index contributed by atoms with van der Waals surface area (Å²) in [4.78, 5) is 12.5. The third-order valence-electron chi connectivity index (χ3n) is 3.30. The minimum Gasteiger partial charge on any atom is -0.323 e. The maximum absolute atomic E-state index is 12.4.